The van der Waals surface area contributed by atoms with Crippen LogP contribution in [0.3, 0.4) is 0 Å². The fraction of sp³-hybridized carbons (Fsp3) is 0.429. The van der Waals surface area contributed by atoms with Crippen LogP contribution in [0.1, 0.15) is 18.4 Å². The first-order valence-corrected chi connectivity index (χ1v) is 7.61. The summed E-state index contributed by atoms with van der Waals surface area (Å²) in [5.74, 6) is -1.56. The molecule has 1 heterocycles. The number of carboxylic acid groups (broad SMARTS) is 1. The Balaban J connectivity index is 2.05. The maximum atomic E-state index is 12.3. The Hall–Kier alpha value is -1.96. The largest absolute Gasteiger partial charge is 0.481 e. The number of nitro benzene ring substituents is 1. The average Bonchev–Trinajstić information content (AvgIpc) is 2.49. The number of halogens is 1. The Morgan fingerprint density at radius 2 is 2.18 bits per heavy atom. The van der Waals surface area contributed by atoms with Crippen LogP contribution in [0.5, 0.6) is 0 Å². The molecule has 22 heavy (non-hydrogen) atoms. The van der Waals surface area contributed by atoms with E-state index in [9.17, 15) is 19.7 Å². The number of rotatable bonds is 4. The smallest absolute Gasteiger partial charge is 0.308 e. The molecule has 1 fully saturated rings. The highest BCUT2D eigenvalue weighted by Crippen LogP contribution is 2.24. The van der Waals surface area contributed by atoms with Crippen molar-refractivity contribution in [3.05, 3.63) is 38.3 Å². The minimum atomic E-state index is -0.881. The van der Waals surface area contributed by atoms with E-state index < -0.39 is 16.8 Å². The number of aliphatic carboxylic acids is 1. The van der Waals surface area contributed by atoms with E-state index in [1.165, 1.54) is 12.1 Å². The fourth-order valence-electron chi connectivity index (χ4n) is 2.47. The number of carbonyl (C=O) groups excluding carboxylic acids is 1. The molecule has 2 rings (SSSR count). The Morgan fingerprint density at radius 1 is 1.45 bits per heavy atom. The van der Waals surface area contributed by atoms with Crippen LogP contribution < -0.4 is 0 Å². The van der Waals surface area contributed by atoms with Gasteiger partial charge in [-0.25, -0.2) is 0 Å². The van der Waals surface area contributed by atoms with Crippen LogP contribution in [0.2, 0.25) is 0 Å². The Labute approximate surface area is 135 Å². The number of amides is 1. The predicted molar refractivity (Wildman–Crippen MR) is 81.4 cm³/mol. The number of carbonyl (C=O) groups is 2. The third-order valence-corrected chi connectivity index (χ3v) is 4.45. The van der Waals surface area contributed by atoms with E-state index in [-0.39, 0.29) is 24.6 Å². The van der Waals surface area contributed by atoms with Crippen molar-refractivity contribution in [2.24, 2.45) is 5.92 Å². The van der Waals surface area contributed by atoms with Gasteiger partial charge < -0.3 is 10.0 Å². The number of piperidine rings is 1. The molecule has 1 aliphatic rings. The molecule has 1 aromatic carbocycles. The number of likely N-dealkylation sites (tertiary alicyclic amines) is 1. The first-order valence-electron chi connectivity index (χ1n) is 6.82. The van der Waals surface area contributed by atoms with Gasteiger partial charge in [-0.05, 0) is 18.4 Å². The van der Waals surface area contributed by atoms with E-state index in [1.54, 1.807) is 11.0 Å². The maximum absolute atomic E-state index is 12.3. The highest BCUT2D eigenvalue weighted by atomic mass is 79.9. The molecule has 1 aromatic rings. The third kappa shape index (κ3) is 3.82. The van der Waals surface area contributed by atoms with Gasteiger partial charge in [0, 0.05) is 29.7 Å². The molecule has 1 aliphatic heterocycles. The predicted octanol–water partition coefficient (Wildman–Crippen LogP) is 2.22. The standard InChI is InChI=1S/C14H15BrN2O5/c15-12-7-11(17(21)22)4-3-9(12)6-13(18)16-5-1-2-10(8-16)14(19)20/h3-4,7,10H,1-2,5-6,8H2,(H,19,20)/t10-/m0/s1. The van der Waals surface area contributed by atoms with Crippen LogP contribution in [-0.4, -0.2) is 39.9 Å². The zero-order valence-electron chi connectivity index (χ0n) is 11.7. The number of non-ortho nitro benzene ring substituents is 1. The second kappa shape index (κ2) is 6.87. The number of hydrogen-bond donors (Lipinski definition) is 1. The van der Waals surface area contributed by atoms with Crippen molar-refractivity contribution in [1.82, 2.24) is 4.90 Å². The summed E-state index contributed by atoms with van der Waals surface area (Å²) in [6, 6.07) is 4.25. The van der Waals surface area contributed by atoms with Gasteiger partial charge in [0.25, 0.3) is 5.69 Å². The van der Waals surface area contributed by atoms with Gasteiger partial charge >= 0.3 is 5.97 Å². The van der Waals surface area contributed by atoms with Gasteiger partial charge in [0.15, 0.2) is 0 Å². The summed E-state index contributed by atoms with van der Waals surface area (Å²) < 4.78 is 0.502. The Morgan fingerprint density at radius 3 is 2.77 bits per heavy atom. The molecule has 0 aliphatic carbocycles. The topological polar surface area (TPSA) is 101 Å². The van der Waals surface area contributed by atoms with E-state index >= 15 is 0 Å². The van der Waals surface area contributed by atoms with Gasteiger partial charge in [0.05, 0.1) is 17.3 Å². The van der Waals surface area contributed by atoms with Gasteiger partial charge in [-0.2, -0.15) is 0 Å². The number of hydrogen-bond acceptors (Lipinski definition) is 4. The first-order chi connectivity index (χ1) is 10.4. The molecule has 1 saturated heterocycles. The quantitative estimate of drug-likeness (QED) is 0.646. The molecular weight excluding hydrogens is 356 g/mol. The van der Waals surface area contributed by atoms with Crippen molar-refractivity contribution in [2.75, 3.05) is 13.1 Å². The lowest BCUT2D eigenvalue weighted by molar-refractivity contribution is -0.384. The Kier molecular flexibility index (Phi) is 5.12. The SMILES string of the molecule is O=C(O)[C@H]1CCCN(C(=O)Cc2ccc([N+](=O)[O-])cc2Br)C1. The van der Waals surface area contributed by atoms with E-state index in [4.69, 9.17) is 5.11 Å². The number of carboxylic acids is 1. The van der Waals surface area contributed by atoms with Crippen molar-refractivity contribution in [2.45, 2.75) is 19.3 Å². The molecule has 1 N–H and O–H groups in total. The monoisotopic (exact) mass is 370 g/mol. The van der Waals surface area contributed by atoms with Gasteiger partial charge in [-0.1, -0.05) is 22.0 Å². The summed E-state index contributed by atoms with van der Waals surface area (Å²) >= 11 is 3.23. The molecule has 0 radical (unpaired) electrons. The molecule has 8 heteroatoms. The number of benzene rings is 1. The summed E-state index contributed by atoms with van der Waals surface area (Å²) in [7, 11) is 0. The van der Waals surface area contributed by atoms with Crippen LogP contribution in [0.4, 0.5) is 5.69 Å². The van der Waals surface area contributed by atoms with E-state index in [0.29, 0.717) is 29.4 Å². The lowest BCUT2D eigenvalue weighted by Gasteiger charge is -2.30. The summed E-state index contributed by atoms with van der Waals surface area (Å²) in [5, 5.41) is 19.7. The molecule has 118 valence electrons. The van der Waals surface area contributed by atoms with Crippen LogP contribution in [0.15, 0.2) is 22.7 Å². The van der Waals surface area contributed by atoms with E-state index in [1.807, 2.05) is 0 Å². The molecule has 0 unspecified atom stereocenters. The second-order valence-corrected chi connectivity index (χ2v) is 6.08. The molecule has 7 nitrogen and oxygen atoms in total. The molecule has 1 amide bonds. The van der Waals surface area contributed by atoms with Gasteiger partial charge in [0.2, 0.25) is 5.91 Å². The lowest BCUT2D eigenvalue weighted by atomic mass is 9.97. The van der Waals surface area contributed by atoms with Gasteiger partial charge in [-0.15, -0.1) is 0 Å². The zero-order chi connectivity index (χ0) is 16.3. The highest BCUT2D eigenvalue weighted by Gasteiger charge is 2.28. The van der Waals surface area contributed by atoms with Crippen molar-refractivity contribution < 1.29 is 19.6 Å². The van der Waals surface area contributed by atoms with Gasteiger partial charge in [-0.3, -0.25) is 19.7 Å². The Bertz CT molecular complexity index is 619. The van der Waals surface area contributed by atoms with Crippen molar-refractivity contribution in [3.63, 3.8) is 0 Å². The average molecular weight is 371 g/mol. The number of nitro groups is 1. The lowest BCUT2D eigenvalue weighted by Crippen LogP contribution is -2.43. The zero-order valence-corrected chi connectivity index (χ0v) is 13.3. The second-order valence-electron chi connectivity index (χ2n) is 5.23. The van der Waals surface area contributed by atoms with Gasteiger partial charge in [0.1, 0.15) is 0 Å². The maximum Gasteiger partial charge on any atom is 0.308 e. The van der Waals surface area contributed by atoms with Crippen molar-refractivity contribution in [3.8, 4) is 0 Å². The summed E-state index contributed by atoms with van der Waals surface area (Å²) in [4.78, 5) is 35.0. The molecule has 1 atom stereocenters. The third-order valence-electron chi connectivity index (χ3n) is 3.71. The minimum Gasteiger partial charge on any atom is -0.481 e. The highest BCUT2D eigenvalue weighted by molar-refractivity contribution is 9.10. The number of nitrogens with zero attached hydrogens (tertiary/aromatic N) is 2. The van der Waals surface area contributed by atoms with Crippen LogP contribution in [0, 0.1) is 16.0 Å². The summed E-state index contributed by atoms with van der Waals surface area (Å²) in [6.45, 7) is 0.770. The van der Waals surface area contributed by atoms with Crippen molar-refractivity contribution >= 4 is 33.5 Å². The summed E-state index contributed by atoms with van der Waals surface area (Å²) in [5.41, 5.74) is 0.597. The van der Waals surface area contributed by atoms with Crippen molar-refractivity contribution in [1.29, 1.82) is 0 Å². The van der Waals surface area contributed by atoms with Crippen LogP contribution >= 0.6 is 15.9 Å². The van der Waals surface area contributed by atoms with E-state index in [0.717, 1.165) is 0 Å². The molecule has 0 bridgehead atoms. The minimum absolute atomic E-state index is 0.0491. The molecule has 0 spiro atoms. The van der Waals surface area contributed by atoms with E-state index in [2.05, 4.69) is 15.9 Å². The first kappa shape index (κ1) is 16.4. The summed E-state index contributed by atoms with van der Waals surface area (Å²) in [6.07, 6.45) is 1.34. The van der Waals surface area contributed by atoms with Crippen LogP contribution in [0.25, 0.3) is 0 Å². The normalized spacial score (nSPS) is 18.0. The fourth-order valence-corrected chi connectivity index (χ4v) is 2.98. The molecular formula is C14H15BrN2O5. The van der Waals surface area contributed by atoms with Crippen LogP contribution in [-0.2, 0) is 16.0 Å². The molecule has 0 aromatic heterocycles. The molecule has 0 saturated carbocycles.